The van der Waals surface area contributed by atoms with Gasteiger partial charge in [-0.15, -0.1) is 0 Å². The first-order valence-corrected chi connectivity index (χ1v) is 8.68. The van der Waals surface area contributed by atoms with Gasteiger partial charge in [-0.1, -0.05) is 31.4 Å². The van der Waals surface area contributed by atoms with E-state index in [1.165, 1.54) is 6.42 Å². The molecular formula is C19H26O4. The Labute approximate surface area is 138 Å². The third-order valence-corrected chi connectivity index (χ3v) is 4.23. The Balaban J connectivity index is 2.55. The molecule has 0 radical (unpaired) electrons. The lowest BCUT2D eigenvalue weighted by atomic mass is 9.91. The number of esters is 2. The highest BCUT2D eigenvalue weighted by Crippen LogP contribution is 2.26. The standard InChI is InChI=1S/C19H26O4/c1-3-22-18(20)16-14-10-8-6-5-7-9-11-15(13-12-14)17(16)19(21)23-4-2/h12-13H,3-11H2,1-2H3. The second kappa shape index (κ2) is 8.70. The average molecular weight is 318 g/mol. The largest absolute Gasteiger partial charge is 0.462 e. The van der Waals surface area contributed by atoms with Crippen molar-refractivity contribution in [2.45, 2.75) is 58.8 Å². The van der Waals surface area contributed by atoms with Crippen LogP contribution < -0.4 is 0 Å². The van der Waals surface area contributed by atoms with Crippen molar-refractivity contribution in [2.75, 3.05) is 13.2 Å². The third-order valence-electron chi connectivity index (χ3n) is 4.23. The molecule has 2 aliphatic carbocycles. The maximum absolute atomic E-state index is 12.5. The first-order chi connectivity index (χ1) is 11.2. The van der Waals surface area contributed by atoms with Gasteiger partial charge in [0.2, 0.25) is 0 Å². The second-order valence-corrected chi connectivity index (χ2v) is 5.84. The minimum atomic E-state index is -0.411. The number of benzene rings is 1. The van der Waals surface area contributed by atoms with E-state index in [1.54, 1.807) is 13.8 Å². The molecule has 0 aliphatic heterocycles. The van der Waals surface area contributed by atoms with Crippen LogP contribution in [0.2, 0.25) is 0 Å². The normalized spacial score (nSPS) is 14.9. The summed E-state index contributed by atoms with van der Waals surface area (Å²) in [5.74, 6) is -0.821. The van der Waals surface area contributed by atoms with Gasteiger partial charge in [0.05, 0.1) is 24.3 Å². The monoisotopic (exact) mass is 318 g/mol. The number of carbonyl (C=O) groups excluding carboxylic acids is 2. The number of aryl methyl sites for hydroxylation is 2. The fraction of sp³-hybridized carbons (Fsp3) is 0.579. The molecule has 3 rings (SSSR count). The summed E-state index contributed by atoms with van der Waals surface area (Å²) in [6.45, 7) is 4.15. The van der Waals surface area contributed by atoms with E-state index < -0.39 is 11.9 Å². The predicted molar refractivity (Wildman–Crippen MR) is 88.8 cm³/mol. The molecule has 0 N–H and O–H groups in total. The van der Waals surface area contributed by atoms with Crippen LogP contribution in [-0.4, -0.2) is 25.2 Å². The summed E-state index contributed by atoms with van der Waals surface area (Å²) in [4.78, 5) is 25.0. The molecule has 0 unspecified atom stereocenters. The summed E-state index contributed by atoms with van der Waals surface area (Å²) in [7, 11) is 0. The Morgan fingerprint density at radius 1 is 0.783 bits per heavy atom. The fourth-order valence-electron chi connectivity index (χ4n) is 3.14. The quantitative estimate of drug-likeness (QED) is 0.785. The van der Waals surface area contributed by atoms with Crippen molar-refractivity contribution in [1.82, 2.24) is 0 Å². The summed E-state index contributed by atoms with van der Waals surface area (Å²) in [6.07, 6.45) is 7.13. The molecule has 1 aromatic carbocycles. The molecule has 0 saturated carbocycles. The van der Waals surface area contributed by atoms with Crippen LogP contribution in [0.25, 0.3) is 0 Å². The molecule has 4 heteroatoms. The Bertz CT molecular complexity index is 514. The zero-order valence-corrected chi connectivity index (χ0v) is 14.2. The molecule has 2 aliphatic rings. The highest BCUT2D eigenvalue weighted by Gasteiger charge is 2.26. The van der Waals surface area contributed by atoms with Gasteiger partial charge >= 0.3 is 11.9 Å². The van der Waals surface area contributed by atoms with Gasteiger partial charge in [-0.25, -0.2) is 9.59 Å². The van der Waals surface area contributed by atoms with Gasteiger partial charge in [0.25, 0.3) is 0 Å². The van der Waals surface area contributed by atoms with Gasteiger partial charge in [-0.05, 0) is 50.7 Å². The van der Waals surface area contributed by atoms with Crippen molar-refractivity contribution < 1.29 is 19.1 Å². The van der Waals surface area contributed by atoms with Crippen molar-refractivity contribution in [2.24, 2.45) is 0 Å². The van der Waals surface area contributed by atoms with Gasteiger partial charge in [-0.3, -0.25) is 0 Å². The molecule has 0 spiro atoms. The summed E-state index contributed by atoms with van der Waals surface area (Å²) in [6, 6.07) is 3.96. The molecule has 23 heavy (non-hydrogen) atoms. The van der Waals surface area contributed by atoms with E-state index >= 15 is 0 Å². The Morgan fingerprint density at radius 3 is 1.57 bits per heavy atom. The van der Waals surface area contributed by atoms with Crippen LogP contribution in [0.1, 0.15) is 77.8 Å². The van der Waals surface area contributed by atoms with E-state index in [-0.39, 0.29) is 0 Å². The predicted octanol–water partition coefficient (Wildman–Crippen LogP) is 4.09. The SMILES string of the molecule is CCOC(=O)c1c2ccc(c1C(=O)OCC)CCCCCCC2. The Kier molecular flexibility index (Phi) is 6.63. The highest BCUT2D eigenvalue weighted by atomic mass is 16.5. The number of rotatable bonds is 4. The summed E-state index contributed by atoms with van der Waals surface area (Å²) in [5.41, 5.74) is 2.64. The first-order valence-electron chi connectivity index (χ1n) is 8.68. The van der Waals surface area contributed by atoms with Gasteiger partial charge < -0.3 is 9.47 Å². The molecule has 0 fully saturated rings. The maximum Gasteiger partial charge on any atom is 0.339 e. The average Bonchev–Trinajstić information content (AvgIpc) is 2.61. The van der Waals surface area contributed by atoms with Crippen LogP contribution in [0, 0.1) is 0 Å². The molecule has 0 amide bonds. The summed E-state index contributed by atoms with van der Waals surface area (Å²) < 4.78 is 10.4. The Morgan fingerprint density at radius 2 is 1.17 bits per heavy atom. The lowest BCUT2D eigenvalue weighted by Gasteiger charge is -2.16. The van der Waals surface area contributed by atoms with Crippen molar-refractivity contribution >= 4 is 11.9 Å². The minimum Gasteiger partial charge on any atom is -0.462 e. The van der Waals surface area contributed by atoms with Crippen LogP contribution in [0.15, 0.2) is 12.1 Å². The van der Waals surface area contributed by atoms with E-state index in [0.29, 0.717) is 24.3 Å². The molecule has 0 saturated heterocycles. The van der Waals surface area contributed by atoms with Crippen LogP contribution in [0.3, 0.4) is 0 Å². The zero-order chi connectivity index (χ0) is 16.7. The molecule has 2 bridgehead atoms. The third kappa shape index (κ3) is 4.34. The van der Waals surface area contributed by atoms with E-state index in [1.807, 2.05) is 12.1 Å². The smallest absolute Gasteiger partial charge is 0.339 e. The second-order valence-electron chi connectivity index (χ2n) is 5.84. The van der Waals surface area contributed by atoms with Gasteiger partial charge in [-0.2, -0.15) is 0 Å². The van der Waals surface area contributed by atoms with Crippen LogP contribution in [0.5, 0.6) is 0 Å². The van der Waals surface area contributed by atoms with Crippen LogP contribution >= 0.6 is 0 Å². The topological polar surface area (TPSA) is 52.6 Å². The van der Waals surface area contributed by atoms with Crippen molar-refractivity contribution in [3.63, 3.8) is 0 Å². The lowest BCUT2D eigenvalue weighted by molar-refractivity contribution is 0.0476. The number of carbonyl (C=O) groups is 2. The molecule has 0 atom stereocenters. The summed E-state index contributed by atoms with van der Waals surface area (Å²) >= 11 is 0. The highest BCUT2D eigenvalue weighted by molar-refractivity contribution is 6.05. The number of fused-ring (bicyclic) bond motifs is 8. The van der Waals surface area contributed by atoms with Crippen molar-refractivity contribution in [3.05, 3.63) is 34.4 Å². The number of hydrogen-bond donors (Lipinski definition) is 0. The summed E-state index contributed by atoms with van der Waals surface area (Å²) in [5, 5.41) is 0. The van der Waals surface area contributed by atoms with E-state index in [0.717, 1.165) is 49.7 Å². The van der Waals surface area contributed by atoms with Crippen molar-refractivity contribution in [3.8, 4) is 0 Å². The Hall–Kier alpha value is -1.84. The minimum absolute atomic E-state index is 0.296. The lowest BCUT2D eigenvalue weighted by Crippen LogP contribution is -2.19. The first kappa shape index (κ1) is 17.5. The van der Waals surface area contributed by atoms with E-state index in [4.69, 9.17) is 9.47 Å². The van der Waals surface area contributed by atoms with Crippen molar-refractivity contribution in [1.29, 1.82) is 0 Å². The molecule has 1 aromatic rings. The fourth-order valence-corrected chi connectivity index (χ4v) is 3.14. The molecular weight excluding hydrogens is 292 g/mol. The van der Waals surface area contributed by atoms with Crippen LogP contribution in [-0.2, 0) is 22.3 Å². The number of ether oxygens (including phenoxy) is 2. The molecule has 4 nitrogen and oxygen atoms in total. The van der Waals surface area contributed by atoms with Gasteiger partial charge in [0.15, 0.2) is 0 Å². The van der Waals surface area contributed by atoms with Gasteiger partial charge in [0, 0.05) is 0 Å². The molecule has 126 valence electrons. The molecule has 0 heterocycles. The van der Waals surface area contributed by atoms with Crippen LogP contribution in [0.4, 0.5) is 0 Å². The van der Waals surface area contributed by atoms with Gasteiger partial charge in [0.1, 0.15) is 0 Å². The molecule has 0 aromatic heterocycles. The van der Waals surface area contributed by atoms with E-state index in [2.05, 4.69) is 0 Å². The number of hydrogen-bond acceptors (Lipinski definition) is 4. The zero-order valence-electron chi connectivity index (χ0n) is 14.2. The maximum atomic E-state index is 12.5. The van der Waals surface area contributed by atoms with E-state index in [9.17, 15) is 9.59 Å².